The Morgan fingerprint density at radius 1 is 0.865 bits per heavy atom. The van der Waals surface area contributed by atoms with Crippen molar-refractivity contribution >= 4 is 40.8 Å². The molecule has 1 atom stereocenters. The average molecular weight is 500 g/mol. The molecule has 0 aromatic heterocycles. The second-order valence-electron chi connectivity index (χ2n) is 8.73. The van der Waals surface area contributed by atoms with Crippen LogP contribution in [0, 0.1) is 0 Å². The van der Waals surface area contributed by atoms with Gasteiger partial charge in [-0.25, -0.2) is 4.79 Å². The van der Waals surface area contributed by atoms with E-state index in [2.05, 4.69) is 21.3 Å². The van der Waals surface area contributed by atoms with Crippen LogP contribution < -0.4 is 26.2 Å². The average Bonchev–Trinajstić information content (AvgIpc) is 3.34. The molecule has 5 amide bonds. The summed E-state index contributed by atoms with van der Waals surface area (Å²) in [5.41, 5.74) is 3.33. The number of benzene rings is 3. The van der Waals surface area contributed by atoms with Crippen LogP contribution in [-0.2, 0) is 9.59 Å². The lowest BCUT2D eigenvalue weighted by Gasteiger charge is -2.16. The summed E-state index contributed by atoms with van der Waals surface area (Å²) >= 11 is 0. The number of hydrogen-bond donors (Lipinski definition) is 4. The van der Waals surface area contributed by atoms with E-state index in [4.69, 9.17) is 0 Å². The predicted octanol–water partition coefficient (Wildman–Crippen LogP) is 4.06. The quantitative estimate of drug-likeness (QED) is 0.374. The maximum atomic E-state index is 12.4. The number of para-hydroxylation sites is 1. The smallest absolute Gasteiger partial charge is 0.323 e. The lowest BCUT2D eigenvalue weighted by molar-refractivity contribution is -0.120. The van der Waals surface area contributed by atoms with Crippen molar-refractivity contribution < 1.29 is 19.2 Å². The zero-order valence-corrected chi connectivity index (χ0v) is 20.5. The van der Waals surface area contributed by atoms with Crippen molar-refractivity contribution in [1.82, 2.24) is 10.6 Å². The van der Waals surface area contributed by atoms with Crippen LogP contribution in [0.1, 0.15) is 41.7 Å². The number of urea groups is 1. The van der Waals surface area contributed by atoms with Gasteiger partial charge < -0.3 is 26.2 Å². The van der Waals surface area contributed by atoms with Crippen LogP contribution in [0.2, 0.25) is 0 Å². The fourth-order valence-corrected chi connectivity index (χ4v) is 4.02. The van der Waals surface area contributed by atoms with Gasteiger partial charge in [0.1, 0.15) is 0 Å². The summed E-state index contributed by atoms with van der Waals surface area (Å²) in [4.78, 5) is 50.5. The molecule has 1 unspecified atom stereocenters. The molecule has 1 heterocycles. The molecule has 3 aromatic rings. The van der Waals surface area contributed by atoms with E-state index in [0.29, 0.717) is 29.9 Å². The van der Waals surface area contributed by atoms with Crippen molar-refractivity contribution in [2.45, 2.75) is 25.8 Å². The Bertz CT molecular complexity index is 1260. The second kappa shape index (κ2) is 11.9. The van der Waals surface area contributed by atoms with Crippen molar-refractivity contribution in [3.8, 4) is 0 Å². The normalized spacial score (nSPS) is 13.5. The lowest BCUT2D eigenvalue weighted by Crippen LogP contribution is -2.38. The Labute approximate surface area is 215 Å². The third kappa shape index (κ3) is 6.94. The SMILES string of the molecule is CC(NC(=O)CNC(=O)c1ccc(N2CCCC2=O)cc1)c1ccc(NC(=O)Nc2ccccc2)cc1. The van der Waals surface area contributed by atoms with Crippen molar-refractivity contribution in [3.05, 3.63) is 90.0 Å². The molecule has 1 aliphatic rings. The summed E-state index contributed by atoms with van der Waals surface area (Å²) in [6.07, 6.45) is 1.38. The zero-order valence-electron chi connectivity index (χ0n) is 20.5. The molecule has 9 nitrogen and oxygen atoms in total. The number of carbonyl (C=O) groups is 4. The van der Waals surface area contributed by atoms with Gasteiger partial charge in [-0.3, -0.25) is 14.4 Å². The highest BCUT2D eigenvalue weighted by Crippen LogP contribution is 2.21. The highest BCUT2D eigenvalue weighted by atomic mass is 16.2. The Hall–Kier alpha value is -4.66. The van der Waals surface area contributed by atoms with Gasteiger partial charge in [0.25, 0.3) is 5.91 Å². The maximum Gasteiger partial charge on any atom is 0.323 e. The van der Waals surface area contributed by atoms with E-state index in [1.807, 2.05) is 37.3 Å². The van der Waals surface area contributed by atoms with Crippen LogP contribution >= 0.6 is 0 Å². The van der Waals surface area contributed by atoms with Gasteiger partial charge in [-0.2, -0.15) is 0 Å². The topological polar surface area (TPSA) is 120 Å². The molecule has 1 aliphatic heterocycles. The number of carbonyl (C=O) groups excluding carboxylic acids is 4. The van der Waals surface area contributed by atoms with Crippen LogP contribution in [0.15, 0.2) is 78.9 Å². The van der Waals surface area contributed by atoms with Crippen LogP contribution in [0.5, 0.6) is 0 Å². The number of nitrogens with zero attached hydrogens (tertiary/aromatic N) is 1. The Morgan fingerprint density at radius 2 is 1.51 bits per heavy atom. The van der Waals surface area contributed by atoms with Crippen LogP contribution in [0.25, 0.3) is 0 Å². The van der Waals surface area contributed by atoms with E-state index >= 15 is 0 Å². The second-order valence-corrected chi connectivity index (χ2v) is 8.73. The van der Waals surface area contributed by atoms with Gasteiger partial charge in [-0.05, 0) is 67.4 Å². The molecular weight excluding hydrogens is 470 g/mol. The molecule has 4 rings (SSSR count). The molecular formula is C28H29N5O4. The summed E-state index contributed by atoms with van der Waals surface area (Å²) in [6.45, 7) is 2.35. The van der Waals surface area contributed by atoms with Crippen molar-refractivity contribution in [3.63, 3.8) is 0 Å². The Morgan fingerprint density at radius 3 is 2.14 bits per heavy atom. The minimum Gasteiger partial charge on any atom is -0.348 e. The molecule has 0 bridgehead atoms. The van der Waals surface area contributed by atoms with Gasteiger partial charge in [0.2, 0.25) is 11.8 Å². The van der Waals surface area contributed by atoms with E-state index in [1.165, 1.54) is 0 Å². The van der Waals surface area contributed by atoms with Crippen LogP contribution in [-0.4, -0.2) is 36.8 Å². The monoisotopic (exact) mass is 499 g/mol. The molecule has 9 heteroatoms. The van der Waals surface area contributed by atoms with E-state index in [0.717, 1.165) is 17.7 Å². The first-order valence-electron chi connectivity index (χ1n) is 12.1. The number of rotatable bonds is 8. The van der Waals surface area contributed by atoms with Crippen molar-refractivity contribution in [2.24, 2.45) is 0 Å². The number of anilines is 3. The van der Waals surface area contributed by atoms with Gasteiger partial charge in [-0.1, -0.05) is 30.3 Å². The molecule has 0 aliphatic carbocycles. The Balaban J connectivity index is 1.22. The Kier molecular flexibility index (Phi) is 8.15. The van der Waals surface area contributed by atoms with E-state index < -0.39 is 0 Å². The maximum absolute atomic E-state index is 12.4. The third-order valence-electron chi connectivity index (χ3n) is 6.00. The molecule has 190 valence electrons. The molecule has 4 N–H and O–H groups in total. The predicted molar refractivity (Wildman–Crippen MR) is 142 cm³/mol. The van der Waals surface area contributed by atoms with E-state index in [9.17, 15) is 19.2 Å². The molecule has 3 aromatic carbocycles. The zero-order chi connectivity index (χ0) is 26.2. The number of amides is 5. The van der Waals surface area contributed by atoms with Gasteiger partial charge in [-0.15, -0.1) is 0 Å². The minimum absolute atomic E-state index is 0.0856. The third-order valence-corrected chi connectivity index (χ3v) is 6.00. The molecule has 0 spiro atoms. The summed E-state index contributed by atoms with van der Waals surface area (Å²) in [5, 5.41) is 11.0. The molecule has 1 saturated heterocycles. The summed E-state index contributed by atoms with van der Waals surface area (Å²) in [5.74, 6) is -0.613. The fraction of sp³-hybridized carbons (Fsp3) is 0.214. The standard InChI is InChI=1S/C28H29N5O4/c1-19(20-9-13-23(14-10-20)32-28(37)31-22-6-3-2-4-7-22)30-25(34)18-29-27(36)21-11-15-24(16-12-21)33-17-5-8-26(33)35/h2-4,6-7,9-16,19H,5,8,17-18H2,1H3,(H,29,36)(H,30,34)(H2,31,32,37). The summed E-state index contributed by atoms with van der Waals surface area (Å²) in [6, 6.07) is 22.4. The largest absolute Gasteiger partial charge is 0.348 e. The first kappa shape index (κ1) is 25.4. The molecule has 0 radical (unpaired) electrons. The van der Waals surface area contributed by atoms with Gasteiger partial charge in [0, 0.05) is 35.6 Å². The van der Waals surface area contributed by atoms with Crippen LogP contribution in [0.3, 0.4) is 0 Å². The van der Waals surface area contributed by atoms with Gasteiger partial charge >= 0.3 is 6.03 Å². The summed E-state index contributed by atoms with van der Waals surface area (Å²) in [7, 11) is 0. The van der Waals surface area contributed by atoms with Gasteiger partial charge in [0.15, 0.2) is 0 Å². The lowest BCUT2D eigenvalue weighted by atomic mass is 10.1. The first-order chi connectivity index (χ1) is 17.9. The fourth-order valence-electron chi connectivity index (χ4n) is 4.02. The highest BCUT2D eigenvalue weighted by molar-refractivity contribution is 6.00. The van der Waals surface area contributed by atoms with Crippen LogP contribution in [0.4, 0.5) is 21.9 Å². The number of hydrogen-bond acceptors (Lipinski definition) is 4. The minimum atomic E-state index is -0.369. The van der Waals surface area contributed by atoms with Crippen molar-refractivity contribution in [2.75, 3.05) is 28.6 Å². The molecule has 1 fully saturated rings. The first-order valence-corrected chi connectivity index (χ1v) is 12.1. The van der Waals surface area contributed by atoms with Crippen molar-refractivity contribution in [1.29, 1.82) is 0 Å². The summed E-state index contributed by atoms with van der Waals surface area (Å²) < 4.78 is 0. The molecule has 0 saturated carbocycles. The highest BCUT2D eigenvalue weighted by Gasteiger charge is 2.21. The number of nitrogens with one attached hydrogen (secondary N) is 4. The van der Waals surface area contributed by atoms with E-state index in [-0.39, 0.29) is 36.3 Å². The molecule has 37 heavy (non-hydrogen) atoms. The van der Waals surface area contributed by atoms with Gasteiger partial charge in [0.05, 0.1) is 12.6 Å². The van der Waals surface area contributed by atoms with E-state index in [1.54, 1.807) is 53.4 Å².